The Morgan fingerprint density at radius 2 is 1.86 bits per heavy atom. The summed E-state index contributed by atoms with van der Waals surface area (Å²) in [7, 11) is 0. The van der Waals surface area contributed by atoms with Gasteiger partial charge in [0.25, 0.3) is 0 Å². The highest BCUT2D eigenvalue weighted by Crippen LogP contribution is 2.25. The first kappa shape index (κ1) is 16.6. The minimum Gasteiger partial charge on any atom is -0.406 e. The van der Waals surface area contributed by atoms with Crippen LogP contribution in [0.5, 0.6) is 5.75 Å². The Labute approximate surface area is 127 Å². The molecule has 1 aliphatic rings. The van der Waals surface area contributed by atoms with Gasteiger partial charge in [0.1, 0.15) is 5.75 Å². The maximum absolute atomic E-state index is 12.2. The topological polar surface area (TPSA) is 41.6 Å². The summed E-state index contributed by atoms with van der Waals surface area (Å²) >= 11 is 0. The molecule has 1 unspecified atom stereocenters. The smallest absolute Gasteiger partial charge is 0.406 e. The number of rotatable bonds is 5. The predicted octanol–water partition coefficient (Wildman–Crippen LogP) is 2.86. The van der Waals surface area contributed by atoms with E-state index in [0.29, 0.717) is 6.54 Å². The van der Waals surface area contributed by atoms with Gasteiger partial charge in [0.2, 0.25) is 5.91 Å². The summed E-state index contributed by atoms with van der Waals surface area (Å²) in [5.41, 5.74) is 0.761. The summed E-state index contributed by atoms with van der Waals surface area (Å²) in [6, 6.07) is 5.40. The van der Waals surface area contributed by atoms with E-state index < -0.39 is 6.36 Å². The Morgan fingerprint density at radius 1 is 1.27 bits per heavy atom. The van der Waals surface area contributed by atoms with E-state index in [0.717, 1.165) is 31.5 Å². The normalized spacial score (nSPS) is 17.3. The Kier molecular flexibility index (Phi) is 5.28. The van der Waals surface area contributed by atoms with Gasteiger partial charge in [-0.1, -0.05) is 12.1 Å². The van der Waals surface area contributed by atoms with Gasteiger partial charge < -0.3 is 15.0 Å². The van der Waals surface area contributed by atoms with Crippen molar-refractivity contribution in [3.63, 3.8) is 0 Å². The van der Waals surface area contributed by atoms with E-state index in [9.17, 15) is 18.0 Å². The number of nitrogens with one attached hydrogen (secondary N) is 1. The molecule has 1 fully saturated rings. The van der Waals surface area contributed by atoms with Gasteiger partial charge in [-0.2, -0.15) is 0 Å². The lowest BCUT2D eigenvalue weighted by molar-refractivity contribution is -0.274. The van der Waals surface area contributed by atoms with Crippen molar-refractivity contribution in [3.8, 4) is 5.75 Å². The van der Waals surface area contributed by atoms with Crippen molar-refractivity contribution in [1.29, 1.82) is 0 Å². The second kappa shape index (κ2) is 7.00. The van der Waals surface area contributed by atoms with E-state index in [1.807, 2.05) is 0 Å². The zero-order valence-corrected chi connectivity index (χ0v) is 12.3. The first-order chi connectivity index (χ1) is 10.3. The summed E-state index contributed by atoms with van der Waals surface area (Å²) in [6.07, 6.45) is -2.44. The molecule has 1 aromatic carbocycles. The molecule has 4 nitrogen and oxygen atoms in total. The fourth-order valence-electron chi connectivity index (χ4n) is 2.60. The van der Waals surface area contributed by atoms with Crippen LogP contribution < -0.4 is 10.1 Å². The first-order valence-electron chi connectivity index (χ1n) is 7.18. The van der Waals surface area contributed by atoms with Gasteiger partial charge in [0.15, 0.2) is 0 Å². The number of likely N-dealkylation sites (tertiary alicyclic amines) is 1. The SMILES string of the molecule is CC(=O)NC(CN1CCCC1)c1ccc(OC(F)(F)F)cc1. The van der Waals surface area contributed by atoms with Crippen molar-refractivity contribution in [2.45, 2.75) is 32.2 Å². The van der Waals surface area contributed by atoms with Crippen molar-refractivity contribution < 1.29 is 22.7 Å². The number of halogens is 3. The lowest BCUT2D eigenvalue weighted by Gasteiger charge is -2.24. The maximum atomic E-state index is 12.2. The molecule has 1 amide bonds. The van der Waals surface area contributed by atoms with Gasteiger partial charge in [-0.25, -0.2) is 0 Å². The van der Waals surface area contributed by atoms with Crippen LogP contribution in [0.4, 0.5) is 13.2 Å². The van der Waals surface area contributed by atoms with E-state index in [4.69, 9.17) is 0 Å². The average molecular weight is 316 g/mol. The molecule has 2 rings (SSSR count). The Bertz CT molecular complexity index is 497. The van der Waals surface area contributed by atoms with Gasteiger partial charge in [0, 0.05) is 13.5 Å². The van der Waals surface area contributed by atoms with Crippen LogP contribution in [0, 0.1) is 0 Å². The molecule has 1 aromatic rings. The van der Waals surface area contributed by atoms with Crippen molar-refractivity contribution in [2.75, 3.05) is 19.6 Å². The number of alkyl halides is 3. The second-order valence-corrected chi connectivity index (χ2v) is 5.38. The molecule has 0 spiro atoms. The molecule has 0 aliphatic carbocycles. The fraction of sp³-hybridized carbons (Fsp3) is 0.533. The Hall–Kier alpha value is -1.76. The van der Waals surface area contributed by atoms with Gasteiger partial charge in [-0.3, -0.25) is 4.79 Å². The molecule has 1 N–H and O–H groups in total. The monoisotopic (exact) mass is 316 g/mol. The van der Waals surface area contributed by atoms with Crippen LogP contribution in [0.3, 0.4) is 0 Å². The number of hydrogen-bond donors (Lipinski definition) is 1. The minimum atomic E-state index is -4.70. The lowest BCUT2D eigenvalue weighted by atomic mass is 10.1. The Morgan fingerprint density at radius 3 is 2.36 bits per heavy atom. The number of ether oxygens (including phenoxy) is 1. The molecule has 1 saturated heterocycles. The fourth-order valence-corrected chi connectivity index (χ4v) is 2.60. The van der Waals surface area contributed by atoms with Crippen molar-refractivity contribution in [3.05, 3.63) is 29.8 Å². The Balaban J connectivity index is 2.07. The van der Waals surface area contributed by atoms with Crippen LogP contribution in [0.1, 0.15) is 31.4 Å². The molecular formula is C15H19F3N2O2. The molecule has 0 aromatic heterocycles. The quantitative estimate of drug-likeness (QED) is 0.908. The highest BCUT2D eigenvalue weighted by atomic mass is 19.4. The van der Waals surface area contributed by atoms with Gasteiger partial charge in [-0.05, 0) is 43.6 Å². The third kappa shape index (κ3) is 5.22. The van der Waals surface area contributed by atoms with E-state index >= 15 is 0 Å². The van der Waals surface area contributed by atoms with Crippen LogP contribution in [-0.2, 0) is 4.79 Å². The van der Waals surface area contributed by atoms with E-state index in [-0.39, 0.29) is 17.7 Å². The highest BCUT2D eigenvalue weighted by molar-refractivity contribution is 5.73. The van der Waals surface area contributed by atoms with Crippen LogP contribution in [0.2, 0.25) is 0 Å². The summed E-state index contributed by atoms with van der Waals surface area (Å²) in [6.45, 7) is 4.04. The zero-order valence-electron chi connectivity index (χ0n) is 12.3. The van der Waals surface area contributed by atoms with E-state index in [1.165, 1.54) is 19.1 Å². The number of amides is 1. The highest BCUT2D eigenvalue weighted by Gasteiger charge is 2.31. The molecular weight excluding hydrogens is 297 g/mol. The molecule has 7 heteroatoms. The van der Waals surface area contributed by atoms with E-state index in [1.54, 1.807) is 12.1 Å². The van der Waals surface area contributed by atoms with Crippen molar-refractivity contribution in [2.24, 2.45) is 0 Å². The maximum Gasteiger partial charge on any atom is 0.573 e. The van der Waals surface area contributed by atoms with Gasteiger partial charge in [-0.15, -0.1) is 13.2 Å². The molecule has 22 heavy (non-hydrogen) atoms. The third-order valence-corrected chi connectivity index (χ3v) is 3.53. The van der Waals surface area contributed by atoms with Crippen LogP contribution in [-0.4, -0.2) is 36.8 Å². The number of nitrogens with zero attached hydrogens (tertiary/aromatic N) is 1. The number of benzene rings is 1. The third-order valence-electron chi connectivity index (χ3n) is 3.53. The lowest BCUT2D eigenvalue weighted by Crippen LogP contribution is -2.35. The molecule has 0 radical (unpaired) electrons. The molecule has 0 bridgehead atoms. The van der Waals surface area contributed by atoms with Gasteiger partial charge >= 0.3 is 6.36 Å². The molecule has 1 aliphatic heterocycles. The number of hydrogen-bond acceptors (Lipinski definition) is 3. The molecule has 0 saturated carbocycles. The summed E-state index contributed by atoms with van der Waals surface area (Å²) < 4.78 is 40.3. The second-order valence-electron chi connectivity index (χ2n) is 5.38. The number of carbonyl (C=O) groups is 1. The minimum absolute atomic E-state index is 0.167. The summed E-state index contributed by atoms with van der Waals surface area (Å²) in [4.78, 5) is 13.6. The van der Waals surface area contributed by atoms with Crippen molar-refractivity contribution in [1.82, 2.24) is 10.2 Å². The molecule has 1 heterocycles. The van der Waals surface area contributed by atoms with Crippen molar-refractivity contribution >= 4 is 5.91 Å². The van der Waals surface area contributed by atoms with E-state index in [2.05, 4.69) is 15.0 Å². The number of carbonyl (C=O) groups excluding carboxylic acids is 1. The molecule has 1 atom stereocenters. The predicted molar refractivity (Wildman–Crippen MR) is 75.4 cm³/mol. The summed E-state index contributed by atoms with van der Waals surface area (Å²) in [5.74, 6) is -0.432. The first-order valence-corrected chi connectivity index (χ1v) is 7.18. The average Bonchev–Trinajstić information content (AvgIpc) is 2.89. The largest absolute Gasteiger partial charge is 0.573 e. The summed E-state index contributed by atoms with van der Waals surface area (Å²) in [5, 5.41) is 2.85. The van der Waals surface area contributed by atoms with Crippen LogP contribution in [0.15, 0.2) is 24.3 Å². The van der Waals surface area contributed by atoms with Gasteiger partial charge in [0.05, 0.1) is 6.04 Å². The standard InChI is InChI=1S/C15H19F3N2O2/c1-11(21)19-14(10-20-8-2-3-9-20)12-4-6-13(7-5-12)22-15(16,17)18/h4-7,14H,2-3,8-10H2,1H3,(H,19,21). The van der Waals surface area contributed by atoms with Crippen LogP contribution >= 0.6 is 0 Å². The zero-order chi connectivity index (χ0) is 16.2. The molecule has 122 valence electrons. The van der Waals surface area contributed by atoms with Crippen LogP contribution in [0.25, 0.3) is 0 Å².